The minimum atomic E-state index is -0.0613. The van der Waals surface area contributed by atoms with Gasteiger partial charge in [0.25, 0.3) is 5.91 Å². The van der Waals surface area contributed by atoms with Crippen LogP contribution < -0.4 is 0 Å². The van der Waals surface area contributed by atoms with Gasteiger partial charge in [0.1, 0.15) is 5.69 Å². The first-order valence-corrected chi connectivity index (χ1v) is 10.2. The Kier molecular flexibility index (Phi) is 5.40. The minimum absolute atomic E-state index is 0.0499. The second kappa shape index (κ2) is 8.14. The van der Waals surface area contributed by atoms with Crippen LogP contribution in [-0.4, -0.2) is 57.6 Å². The third kappa shape index (κ3) is 3.85. The molecule has 2 aromatic carbocycles. The first-order valence-electron chi connectivity index (χ1n) is 10.2. The lowest BCUT2D eigenvalue weighted by Crippen LogP contribution is -2.50. The van der Waals surface area contributed by atoms with Crippen LogP contribution in [0.5, 0.6) is 0 Å². The molecule has 0 atom stereocenters. The molecule has 1 saturated heterocycles. The predicted molar refractivity (Wildman–Crippen MR) is 117 cm³/mol. The standard InChI is InChI=1S/C24H26N4O2/c1-17-9-10-18(2)22(15-17)28-23(16-21(25-28)20-7-5-4-6-8-20)24(30)27-13-11-26(12-14-27)19(3)29/h4-10,15-16H,11-14H2,1-3H3. The molecule has 154 valence electrons. The van der Waals surface area contributed by atoms with E-state index in [9.17, 15) is 9.59 Å². The molecule has 0 N–H and O–H groups in total. The molecule has 2 heterocycles. The van der Waals surface area contributed by atoms with Crippen molar-refractivity contribution in [1.82, 2.24) is 19.6 Å². The van der Waals surface area contributed by atoms with Crippen LogP contribution in [-0.2, 0) is 4.79 Å². The molecular formula is C24H26N4O2. The zero-order valence-corrected chi connectivity index (χ0v) is 17.6. The molecule has 0 unspecified atom stereocenters. The molecule has 0 saturated carbocycles. The lowest BCUT2D eigenvalue weighted by atomic mass is 10.1. The third-order valence-electron chi connectivity index (χ3n) is 5.60. The maximum atomic E-state index is 13.5. The molecule has 0 aliphatic carbocycles. The van der Waals surface area contributed by atoms with E-state index < -0.39 is 0 Å². The molecule has 2 amide bonds. The zero-order valence-electron chi connectivity index (χ0n) is 17.6. The maximum Gasteiger partial charge on any atom is 0.272 e. The molecule has 1 aliphatic heterocycles. The summed E-state index contributed by atoms with van der Waals surface area (Å²) in [6.45, 7) is 7.80. The zero-order chi connectivity index (χ0) is 21.3. The molecule has 3 aromatic rings. The Morgan fingerprint density at radius 1 is 0.867 bits per heavy atom. The summed E-state index contributed by atoms with van der Waals surface area (Å²) in [4.78, 5) is 28.7. The quantitative estimate of drug-likeness (QED) is 0.674. The highest BCUT2D eigenvalue weighted by molar-refractivity contribution is 5.94. The Balaban J connectivity index is 1.74. The molecule has 1 aliphatic rings. The Bertz CT molecular complexity index is 1080. The van der Waals surface area contributed by atoms with Crippen molar-refractivity contribution in [2.45, 2.75) is 20.8 Å². The van der Waals surface area contributed by atoms with Gasteiger partial charge in [-0.15, -0.1) is 0 Å². The summed E-state index contributed by atoms with van der Waals surface area (Å²) >= 11 is 0. The number of nitrogens with zero attached hydrogens (tertiary/aromatic N) is 4. The van der Waals surface area contributed by atoms with Crippen LogP contribution in [0.2, 0.25) is 0 Å². The van der Waals surface area contributed by atoms with Crippen molar-refractivity contribution in [3.8, 4) is 16.9 Å². The van der Waals surface area contributed by atoms with Gasteiger partial charge >= 0.3 is 0 Å². The van der Waals surface area contributed by atoms with Crippen molar-refractivity contribution >= 4 is 11.8 Å². The van der Waals surface area contributed by atoms with Crippen LogP contribution in [0.4, 0.5) is 0 Å². The normalized spacial score (nSPS) is 14.1. The van der Waals surface area contributed by atoms with Gasteiger partial charge in [-0.3, -0.25) is 9.59 Å². The Morgan fingerprint density at radius 2 is 1.53 bits per heavy atom. The lowest BCUT2D eigenvalue weighted by molar-refractivity contribution is -0.130. The number of aryl methyl sites for hydroxylation is 2. The molecule has 1 aromatic heterocycles. The van der Waals surface area contributed by atoms with Gasteiger partial charge in [0.2, 0.25) is 5.91 Å². The van der Waals surface area contributed by atoms with Gasteiger partial charge in [-0.05, 0) is 37.1 Å². The van der Waals surface area contributed by atoms with E-state index in [0.29, 0.717) is 31.9 Å². The fraction of sp³-hybridized carbons (Fsp3) is 0.292. The van der Waals surface area contributed by atoms with E-state index >= 15 is 0 Å². The lowest BCUT2D eigenvalue weighted by Gasteiger charge is -2.34. The summed E-state index contributed by atoms with van der Waals surface area (Å²) in [7, 11) is 0. The van der Waals surface area contributed by atoms with E-state index in [1.165, 1.54) is 0 Å². The van der Waals surface area contributed by atoms with Crippen LogP contribution in [0.25, 0.3) is 16.9 Å². The summed E-state index contributed by atoms with van der Waals surface area (Å²) in [6.07, 6.45) is 0. The van der Waals surface area contributed by atoms with Crippen molar-refractivity contribution in [2.24, 2.45) is 0 Å². The first kappa shape index (κ1) is 19.9. The Labute approximate surface area is 176 Å². The average Bonchev–Trinajstić information content (AvgIpc) is 3.21. The highest BCUT2D eigenvalue weighted by Crippen LogP contribution is 2.25. The first-order chi connectivity index (χ1) is 14.4. The largest absolute Gasteiger partial charge is 0.339 e. The van der Waals surface area contributed by atoms with E-state index in [0.717, 1.165) is 28.1 Å². The molecule has 0 spiro atoms. The molecular weight excluding hydrogens is 376 g/mol. The highest BCUT2D eigenvalue weighted by Gasteiger charge is 2.27. The van der Waals surface area contributed by atoms with Gasteiger partial charge in [-0.2, -0.15) is 5.10 Å². The maximum absolute atomic E-state index is 13.5. The number of carbonyl (C=O) groups is 2. The van der Waals surface area contributed by atoms with E-state index in [1.807, 2.05) is 55.1 Å². The van der Waals surface area contributed by atoms with Crippen molar-refractivity contribution in [1.29, 1.82) is 0 Å². The van der Waals surface area contributed by atoms with Gasteiger partial charge in [-0.1, -0.05) is 42.5 Å². The van der Waals surface area contributed by atoms with Gasteiger partial charge in [0.05, 0.1) is 11.4 Å². The summed E-state index contributed by atoms with van der Waals surface area (Å²) in [5, 5.41) is 4.82. The minimum Gasteiger partial charge on any atom is -0.339 e. The van der Waals surface area contributed by atoms with Crippen molar-refractivity contribution in [2.75, 3.05) is 26.2 Å². The highest BCUT2D eigenvalue weighted by atomic mass is 16.2. The third-order valence-corrected chi connectivity index (χ3v) is 5.60. The van der Waals surface area contributed by atoms with Gasteiger partial charge in [-0.25, -0.2) is 4.68 Å². The number of amides is 2. The fourth-order valence-electron chi connectivity index (χ4n) is 3.80. The molecule has 1 fully saturated rings. The van der Waals surface area contributed by atoms with E-state index in [2.05, 4.69) is 18.2 Å². The Hall–Kier alpha value is -3.41. The molecule has 0 radical (unpaired) electrons. The number of piperazine rings is 1. The van der Waals surface area contributed by atoms with Gasteiger partial charge in [0.15, 0.2) is 0 Å². The number of benzene rings is 2. The van der Waals surface area contributed by atoms with E-state index in [4.69, 9.17) is 5.10 Å². The van der Waals surface area contributed by atoms with Gasteiger partial charge < -0.3 is 9.80 Å². The molecule has 0 bridgehead atoms. The molecule has 4 rings (SSSR count). The Morgan fingerprint density at radius 3 is 2.20 bits per heavy atom. The number of aromatic nitrogens is 2. The number of hydrogen-bond acceptors (Lipinski definition) is 3. The topological polar surface area (TPSA) is 58.4 Å². The molecule has 6 nitrogen and oxygen atoms in total. The summed E-state index contributed by atoms with van der Waals surface area (Å²) in [5.74, 6) is -0.0114. The number of rotatable bonds is 3. The summed E-state index contributed by atoms with van der Waals surface area (Å²) in [5.41, 5.74) is 5.35. The molecule has 6 heteroatoms. The number of hydrogen-bond donors (Lipinski definition) is 0. The average molecular weight is 402 g/mol. The van der Waals surface area contributed by atoms with Crippen molar-refractivity contribution in [3.05, 3.63) is 71.4 Å². The van der Waals surface area contributed by atoms with Crippen LogP contribution in [0.15, 0.2) is 54.6 Å². The van der Waals surface area contributed by atoms with E-state index in [-0.39, 0.29) is 11.8 Å². The fourth-order valence-corrected chi connectivity index (χ4v) is 3.80. The monoisotopic (exact) mass is 402 g/mol. The van der Waals surface area contributed by atoms with Crippen LogP contribution in [0.1, 0.15) is 28.5 Å². The van der Waals surface area contributed by atoms with Crippen molar-refractivity contribution < 1.29 is 9.59 Å². The summed E-state index contributed by atoms with van der Waals surface area (Å²) < 4.78 is 1.77. The van der Waals surface area contributed by atoms with Gasteiger partial charge in [0, 0.05) is 38.7 Å². The van der Waals surface area contributed by atoms with Crippen molar-refractivity contribution in [3.63, 3.8) is 0 Å². The second-order valence-corrected chi connectivity index (χ2v) is 7.78. The smallest absolute Gasteiger partial charge is 0.272 e. The van der Waals surface area contributed by atoms with Crippen LogP contribution in [0, 0.1) is 13.8 Å². The number of carbonyl (C=O) groups excluding carboxylic acids is 2. The van der Waals surface area contributed by atoms with Crippen LogP contribution >= 0.6 is 0 Å². The second-order valence-electron chi connectivity index (χ2n) is 7.78. The predicted octanol–water partition coefficient (Wildman–Crippen LogP) is 3.46. The van der Waals surface area contributed by atoms with Crippen LogP contribution in [0.3, 0.4) is 0 Å². The molecule has 30 heavy (non-hydrogen) atoms. The van der Waals surface area contributed by atoms with E-state index in [1.54, 1.807) is 16.5 Å². The summed E-state index contributed by atoms with van der Waals surface area (Å²) in [6, 6.07) is 17.9. The SMILES string of the molecule is CC(=O)N1CCN(C(=O)c2cc(-c3ccccc3)nn2-c2cc(C)ccc2C)CC1.